The smallest absolute Gasteiger partial charge is 0.332 e. The molecule has 1 aromatic heterocycles. The number of nitrogen functional groups attached to an aromatic ring is 1. The Morgan fingerprint density at radius 3 is 2.55 bits per heavy atom. The Balaban J connectivity index is 1.87. The molecule has 1 fully saturated rings. The average Bonchev–Trinajstić information content (AvgIpc) is 2.66. The molecule has 0 atom stereocenters. The quantitative estimate of drug-likeness (QED) is 0.408. The van der Waals surface area contributed by atoms with Crippen molar-refractivity contribution in [2.45, 2.75) is 49.6 Å². The number of halogens is 1. The predicted molar refractivity (Wildman–Crippen MR) is 119 cm³/mol. The van der Waals surface area contributed by atoms with Gasteiger partial charge in [0.15, 0.2) is 9.84 Å². The van der Waals surface area contributed by atoms with Gasteiger partial charge in [-0.1, -0.05) is 11.6 Å². The van der Waals surface area contributed by atoms with E-state index in [0.717, 1.165) is 31.9 Å². The molecule has 1 aromatic carbocycles. The van der Waals surface area contributed by atoms with E-state index >= 15 is 0 Å². The summed E-state index contributed by atoms with van der Waals surface area (Å²) in [6.45, 7) is 0.0535. The molecule has 31 heavy (non-hydrogen) atoms. The van der Waals surface area contributed by atoms with Crippen LogP contribution >= 0.6 is 11.6 Å². The highest BCUT2D eigenvalue weighted by Gasteiger charge is 2.27. The molecule has 0 amide bonds. The van der Waals surface area contributed by atoms with Crippen molar-refractivity contribution in [1.29, 1.82) is 0 Å². The molecule has 168 valence electrons. The van der Waals surface area contributed by atoms with Gasteiger partial charge in [0.05, 0.1) is 9.82 Å². The summed E-state index contributed by atoms with van der Waals surface area (Å²) in [6.07, 6.45) is 4.97. The third-order valence-corrected chi connectivity index (χ3v) is 6.83. The Hall–Kier alpha value is -2.50. The Kier molecular flexibility index (Phi) is 6.97. The fourth-order valence-electron chi connectivity index (χ4n) is 3.83. The molecule has 3 rings (SSSR count). The van der Waals surface area contributed by atoms with Crippen LogP contribution in [0.15, 0.2) is 23.1 Å². The van der Waals surface area contributed by atoms with Crippen molar-refractivity contribution in [3.8, 4) is 0 Å². The Morgan fingerprint density at radius 2 is 1.94 bits per heavy atom. The van der Waals surface area contributed by atoms with Gasteiger partial charge in [0.1, 0.15) is 5.69 Å². The van der Waals surface area contributed by atoms with Gasteiger partial charge in [0, 0.05) is 23.9 Å². The number of hydrogen-bond donors (Lipinski definition) is 3. The molecule has 1 heterocycles. The topological polar surface area (TPSA) is 167 Å². The summed E-state index contributed by atoms with van der Waals surface area (Å²) in [4.78, 5) is 19.4. The predicted octanol–water partition coefficient (Wildman–Crippen LogP) is 2.70. The van der Waals surface area contributed by atoms with E-state index < -0.39 is 14.8 Å². The number of nitro groups is 1. The van der Waals surface area contributed by atoms with Crippen molar-refractivity contribution in [2.24, 2.45) is 11.7 Å². The van der Waals surface area contributed by atoms with E-state index in [4.69, 9.17) is 23.1 Å². The molecule has 0 spiro atoms. The van der Waals surface area contributed by atoms with Gasteiger partial charge in [0.25, 0.3) is 0 Å². The lowest BCUT2D eigenvalue weighted by Crippen LogP contribution is -2.27. The lowest BCUT2D eigenvalue weighted by atomic mass is 9.83. The van der Waals surface area contributed by atoms with Crippen molar-refractivity contribution in [2.75, 3.05) is 17.3 Å². The van der Waals surface area contributed by atoms with Gasteiger partial charge in [-0.3, -0.25) is 10.1 Å². The summed E-state index contributed by atoms with van der Waals surface area (Å²) < 4.78 is 24.1. The molecule has 0 aliphatic heterocycles. The number of nitrogens with zero attached hydrogens (tertiary/aromatic N) is 3. The summed E-state index contributed by atoms with van der Waals surface area (Å²) in [5.74, 6) is 0.0786. The SMILES string of the molecule is CS(=O)(=O)c1ccc(Cl)cc1CNc1nc(N)c([N+](=O)[O-])c(CC2CCC(N)CC2)n1. The van der Waals surface area contributed by atoms with Crippen molar-refractivity contribution in [1.82, 2.24) is 9.97 Å². The van der Waals surface area contributed by atoms with Crippen LogP contribution in [0.25, 0.3) is 0 Å². The Bertz CT molecular complexity index is 1090. The molecule has 5 N–H and O–H groups in total. The zero-order valence-electron chi connectivity index (χ0n) is 17.0. The van der Waals surface area contributed by atoms with Gasteiger partial charge in [-0.25, -0.2) is 13.4 Å². The van der Waals surface area contributed by atoms with E-state index in [2.05, 4.69) is 15.3 Å². The zero-order valence-corrected chi connectivity index (χ0v) is 18.6. The molecule has 0 bridgehead atoms. The largest absolute Gasteiger partial charge is 0.378 e. The minimum atomic E-state index is -3.48. The molecule has 0 radical (unpaired) electrons. The highest BCUT2D eigenvalue weighted by molar-refractivity contribution is 7.90. The van der Waals surface area contributed by atoms with Crippen LogP contribution in [0.5, 0.6) is 0 Å². The van der Waals surface area contributed by atoms with Crippen LogP contribution in [0.2, 0.25) is 5.02 Å². The number of anilines is 2. The first-order valence-electron chi connectivity index (χ1n) is 9.83. The second kappa shape index (κ2) is 9.33. The van der Waals surface area contributed by atoms with Crippen molar-refractivity contribution in [3.63, 3.8) is 0 Å². The first kappa shape index (κ1) is 23.2. The van der Waals surface area contributed by atoms with Crippen molar-refractivity contribution < 1.29 is 13.3 Å². The fourth-order valence-corrected chi connectivity index (χ4v) is 4.95. The molecule has 0 saturated heterocycles. The lowest BCUT2D eigenvalue weighted by Gasteiger charge is -2.25. The number of rotatable bonds is 7. The molecular weight excluding hydrogens is 444 g/mol. The van der Waals surface area contributed by atoms with Gasteiger partial charge < -0.3 is 16.8 Å². The third-order valence-electron chi connectivity index (χ3n) is 5.40. The number of sulfone groups is 1. The molecular formula is C19H25ClN6O4S. The summed E-state index contributed by atoms with van der Waals surface area (Å²) in [5.41, 5.74) is 12.2. The number of hydrogen-bond acceptors (Lipinski definition) is 9. The first-order valence-corrected chi connectivity index (χ1v) is 12.1. The Labute approximate surface area is 185 Å². The van der Waals surface area contributed by atoms with E-state index in [-0.39, 0.29) is 46.5 Å². The van der Waals surface area contributed by atoms with E-state index in [1.54, 1.807) is 0 Å². The molecule has 1 aliphatic rings. The third kappa shape index (κ3) is 5.81. The second-order valence-corrected chi connectivity index (χ2v) is 10.3. The molecule has 1 saturated carbocycles. The first-order chi connectivity index (χ1) is 14.5. The average molecular weight is 469 g/mol. The second-order valence-electron chi connectivity index (χ2n) is 7.85. The van der Waals surface area contributed by atoms with Crippen LogP contribution < -0.4 is 16.8 Å². The van der Waals surface area contributed by atoms with Crippen molar-refractivity contribution in [3.05, 3.63) is 44.6 Å². The summed E-state index contributed by atoms with van der Waals surface area (Å²) >= 11 is 6.02. The van der Waals surface area contributed by atoms with Crippen LogP contribution in [-0.2, 0) is 22.8 Å². The van der Waals surface area contributed by atoms with Crippen LogP contribution in [0.3, 0.4) is 0 Å². The van der Waals surface area contributed by atoms with Crippen LogP contribution in [0.4, 0.5) is 17.5 Å². The lowest BCUT2D eigenvalue weighted by molar-refractivity contribution is -0.385. The standard InChI is InChI=1S/C19H25ClN6O4S/c1-31(29,30)16-7-4-13(20)9-12(16)10-23-19-24-15(17(26(27)28)18(22)25-19)8-11-2-5-14(21)6-3-11/h4,7,9,11,14H,2-3,5-6,8,10,21H2,1H3,(H3,22,23,24,25). The van der Waals surface area contributed by atoms with Gasteiger partial charge in [0.2, 0.25) is 11.8 Å². The molecule has 10 nitrogen and oxygen atoms in total. The molecule has 0 unspecified atom stereocenters. The summed E-state index contributed by atoms with van der Waals surface area (Å²) in [7, 11) is -3.48. The maximum atomic E-state index is 12.0. The normalized spacial score (nSPS) is 19.2. The summed E-state index contributed by atoms with van der Waals surface area (Å²) in [6, 6.07) is 4.63. The molecule has 1 aliphatic carbocycles. The number of benzene rings is 1. The minimum absolute atomic E-state index is 0.0535. The number of nitrogens with two attached hydrogens (primary N) is 2. The van der Waals surface area contributed by atoms with Gasteiger partial charge in [-0.05, 0) is 61.8 Å². The van der Waals surface area contributed by atoms with E-state index in [1.807, 2.05) is 0 Å². The van der Waals surface area contributed by atoms with Crippen LogP contribution in [0.1, 0.15) is 36.9 Å². The fraction of sp³-hybridized carbons (Fsp3) is 0.474. The number of nitrogens with one attached hydrogen (secondary N) is 1. The zero-order chi connectivity index (χ0) is 22.8. The monoisotopic (exact) mass is 468 g/mol. The molecule has 2 aromatic rings. The van der Waals surface area contributed by atoms with E-state index in [9.17, 15) is 18.5 Å². The van der Waals surface area contributed by atoms with E-state index in [0.29, 0.717) is 17.0 Å². The summed E-state index contributed by atoms with van der Waals surface area (Å²) in [5, 5.41) is 14.8. The van der Waals surface area contributed by atoms with Gasteiger partial charge >= 0.3 is 5.69 Å². The molecule has 12 heteroatoms. The van der Waals surface area contributed by atoms with Gasteiger partial charge in [-0.15, -0.1) is 0 Å². The maximum Gasteiger partial charge on any atom is 0.332 e. The maximum absolute atomic E-state index is 12.0. The Morgan fingerprint density at radius 1 is 1.26 bits per heavy atom. The van der Waals surface area contributed by atoms with Gasteiger partial charge in [-0.2, -0.15) is 4.98 Å². The van der Waals surface area contributed by atoms with Crippen LogP contribution in [0, 0.1) is 16.0 Å². The highest BCUT2D eigenvalue weighted by atomic mass is 35.5. The van der Waals surface area contributed by atoms with Crippen molar-refractivity contribution >= 4 is 38.9 Å². The van der Waals surface area contributed by atoms with Crippen LogP contribution in [-0.4, -0.2) is 35.6 Å². The minimum Gasteiger partial charge on any atom is -0.378 e. The highest BCUT2D eigenvalue weighted by Crippen LogP contribution is 2.32. The van der Waals surface area contributed by atoms with E-state index in [1.165, 1.54) is 18.2 Å². The number of aromatic nitrogens is 2.